The van der Waals surface area contributed by atoms with Crippen LogP contribution in [0.5, 0.6) is 0 Å². The van der Waals surface area contributed by atoms with Crippen LogP contribution in [0.2, 0.25) is 0 Å². The fraction of sp³-hybridized carbons (Fsp3) is 0.923. The molecular weight excluding hydrogens is 234 g/mol. The molecule has 106 valence electrons. The normalized spacial score (nSPS) is 19.6. The van der Waals surface area contributed by atoms with Crippen molar-refractivity contribution in [2.75, 3.05) is 26.3 Å². The molecule has 1 fully saturated rings. The third-order valence-electron chi connectivity index (χ3n) is 2.80. The zero-order valence-electron chi connectivity index (χ0n) is 11.6. The van der Waals surface area contributed by atoms with Gasteiger partial charge in [-0.2, -0.15) is 0 Å². The SMILES string of the molecule is CC(C)(C)OC(=O)CCNCC1(O)CCOCC1. The first-order valence-corrected chi connectivity index (χ1v) is 6.53. The predicted octanol–water partition coefficient (Wildman–Crippen LogP) is 0.849. The topological polar surface area (TPSA) is 67.8 Å². The van der Waals surface area contributed by atoms with E-state index < -0.39 is 11.2 Å². The number of hydrogen-bond donors (Lipinski definition) is 2. The second-order valence-corrected chi connectivity index (χ2v) is 5.85. The summed E-state index contributed by atoms with van der Waals surface area (Å²) < 4.78 is 10.4. The van der Waals surface area contributed by atoms with Gasteiger partial charge in [-0.1, -0.05) is 0 Å². The van der Waals surface area contributed by atoms with E-state index in [1.165, 1.54) is 0 Å². The third kappa shape index (κ3) is 6.33. The van der Waals surface area contributed by atoms with Crippen LogP contribution in [-0.4, -0.2) is 48.6 Å². The number of carbonyl (C=O) groups excluding carboxylic acids is 1. The zero-order valence-corrected chi connectivity index (χ0v) is 11.6. The number of nitrogens with one attached hydrogen (secondary N) is 1. The zero-order chi connectivity index (χ0) is 13.6. The minimum absolute atomic E-state index is 0.214. The van der Waals surface area contributed by atoms with Crippen molar-refractivity contribution < 1.29 is 19.4 Å². The molecule has 0 aromatic rings. The minimum Gasteiger partial charge on any atom is -0.460 e. The Balaban J connectivity index is 2.12. The Morgan fingerprint density at radius 3 is 2.56 bits per heavy atom. The second-order valence-electron chi connectivity index (χ2n) is 5.85. The van der Waals surface area contributed by atoms with E-state index in [-0.39, 0.29) is 5.97 Å². The molecule has 2 N–H and O–H groups in total. The fourth-order valence-electron chi connectivity index (χ4n) is 1.83. The first-order chi connectivity index (χ1) is 8.31. The lowest BCUT2D eigenvalue weighted by Crippen LogP contribution is -2.45. The molecule has 0 amide bonds. The van der Waals surface area contributed by atoms with Crippen molar-refractivity contribution in [1.82, 2.24) is 5.32 Å². The van der Waals surface area contributed by atoms with Gasteiger partial charge in [0, 0.05) is 39.1 Å². The monoisotopic (exact) mass is 259 g/mol. The van der Waals surface area contributed by atoms with Crippen LogP contribution in [0.3, 0.4) is 0 Å². The maximum absolute atomic E-state index is 11.4. The van der Waals surface area contributed by atoms with Gasteiger partial charge in [0.1, 0.15) is 5.60 Å². The number of carbonyl (C=O) groups is 1. The molecule has 0 spiro atoms. The van der Waals surface area contributed by atoms with Crippen LogP contribution in [0.4, 0.5) is 0 Å². The fourth-order valence-corrected chi connectivity index (χ4v) is 1.83. The minimum atomic E-state index is -0.688. The largest absolute Gasteiger partial charge is 0.460 e. The summed E-state index contributed by atoms with van der Waals surface area (Å²) in [7, 11) is 0. The highest BCUT2D eigenvalue weighted by Crippen LogP contribution is 2.19. The molecule has 0 saturated carbocycles. The Morgan fingerprint density at radius 2 is 2.00 bits per heavy atom. The highest BCUT2D eigenvalue weighted by atomic mass is 16.6. The first kappa shape index (κ1) is 15.4. The van der Waals surface area contributed by atoms with Crippen LogP contribution in [-0.2, 0) is 14.3 Å². The van der Waals surface area contributed by atoms with Crippen molar-refractivity contribution in [3.8, 4) is 0 Å². The second kappa shape index (κ2) is 6.50. The van der Waals surface area contributed by atoms with E-state index in [4.69, 9.17) is 9.47 Å². The van der Waals surface area contributed by atoms with Crippen LogP contribution in [0, 0.1) is 0 Å². The number of esters is 1. The van der Waals surface area contributed by atoms with E-state index in [9.17, 15) is 9.90 Å². The van der Waals surface area contributed by atoms with E-state index in [0.29, 0.717) is 45.6 Å². The maximum atomic E-state index is 11.4. The van der Waals surface area contributed by atoms with E-state index in [1.54, 1.807) is 0 Å². The van der Waals surface area contributed by atoms with Gasteiger partial charge < -0.3 is 19.9 Å². The molecule has 1 aliphatic heterocycles. The average Bonchev–Trinajstić information content (AvgIpc) is 2.23. The molecule has 5 heteroatoms. The molecule has 0 bridgehead atoms. The summed E-state index contributed by atoms with van der Waals surface area (Å²) >= 11 is 0. The van der Waals surface area contributed by atoms with Gasteiger partial charge in [-0.05, 0) is 20.8 Å². The lowest BCUT2D eigenvalue weighted by molar-refractivity contribution is -0.154. The van der Waals surface area contributed by atoms with Gasteiger partial charge in [0.25, 0.3) is 0 Å². The van der Waals surface area contributed by atoms with E-state index in [2.05, 4.69) is 5.32 Å². The summed E-state index contributed by atoms with van der Waals surface area (Å²) in [6.45, 7) is 7.78. The molecule has 18 heavy (non-hydrogen) atoms. The first-order valence-electron chi connectivity index (χ1n) is 6.53. The molecule has 0 atom stereocenters. The maximum Gasteiger partial charge on any atom is 0.307 e. The van der Waals surface area contributed by atoms with Crippen LogP contribution in [0.25, 0.3) is 0 Å². The molecule has 1 aliphatic rings. The molecular formula is C13H25NO4. The van der Waals surface area contributed by atoms with E-state index in [1.807, 2.05) is 20.8 Å². The highest BCUT2D eigenvalue weighted by molar-refractivity contribution is 5.70. The molecule has 0 aromatic carbocycles. The molecule has 0 aliphatic carbocycles. The van der Waals surface area contributed by atoms with Crippen molar-refractivity contribution in [2.45, 2.75) is 51.2 Å². The number of aliphatic hydroxyl groups is 1. The van der Waals surface area contributed by atoms with E-state index >= 15 is 0 Å². The Kier molecular flexibility index (Phi) is 5.56. The molecule has 0 unspecified atom stereocenters. The van der Waals surface area contributed by atoms with Gasteiger partial charge in [0.2, 0.25) is 0 Å². The lowest BCUT2D eigenvalue weighted by atomic mass is 9.94. The van der Waals surface area contributed by atoms with E-state index in [0.717, 1.165) is 0 Å². The molecule has 1 rings (SSSR count). The molecule has 0 radical (unpaired) electrons. The van der Waals surface area contributed by atoms with Crippen LogP contribution >= 0.6 is 0 Å². The number of ether oxygens (including phenoxy) is 2. The van der Waals surface area contributed by atoms with Gasteiger partial charge in [-0.15, -0.1) is 0 Å². The predicted molar refractivity (Wildman–Crippen MR) is 68.3 cm³/mol. The van der Waals surface area contributed by atoms with Crippen molar-refractivity contribution in [3.63, 3.8) is 0 Å². The molecule has 5 nitrogen and oxygen atoms in total. The van der Waals surface area contributed by atoms with Gasteiger partial charge in [-0.3, -0.25) is 4.79 Å². The van der Waals surface area contributed by atoms with Gasteiger partial charge in [0.05, 0.1) is 12.0 Å². The summed E-state index contributed by atoms with van der Waals surface area (Å²) in [5.41, 5.74) is -1.12. The number of hydrogen-bond acceptors (Lipinski definition) is 5. The summed E-state index contributed by atoms with van der Waals surface area (Å²) in [5.74, 6) is -0.214. The summed E-state index contributed by atoms with van der Waals surface area (Å²) in [6, 6.07) is 0. The van der Waals surface area contributed by atoms with Crippen LogP contribution < -0.4 is 5.32 Å². The Bertz CT molecular complexity index is 267. The highest BCUT2D eigenvalue weighted by Gasteiger charge is 2.29. The van der Waals surface area contributed by atoms with Gasteiger partial charge in [-0.25, -0.2) is 0 Å². The van der Waals surface area contributed by atoms with Crippen molar-refractivity contribution in [2.24, 2.45) is 0 Å². The van der Waals surface area contributed by atoms with Crippen LogP contribution in [0.15, 0.2) is 0 Å². The molecule has 1 heterocycles. The Morgan fingerprint density at radius 1 is 1.39 bits per heavy atom. The van der Waals surface area contributed by atoms with Gasteiger partial charge in [0.15, 0.2) is 0 Å². The third-order valence-corrected chi connectivity index (χ3v) is 2.80. The summed E-state index contributed by atoms with van der Waals surface area (Å²) in [6.07, 6.45) is 1.61. The molecule has 0 aromatic heterocycles. The summed E-state index contributed by atoms with van der Waals surface area (Å²) in [5, 5.41) is 13.3. The van der Waals surface area contributed by atoms with Crippen molar-refractivity contribution >= 4 is 5.97 Å². The van der Waals surface area contributed by atoms with Crippen LogP contribution in [0.1, 0.15) is 40.0 Å². The quantitative estimate of drug-likeness (QED) is 0.566. The lowest BCUT2D eigenvalue weighted by Gasteiger charge is -2.32. The Labute approximate surface area is 109 Å². The van der Waals surface area contributed by atoms with Gasteiger partial charge >= 0.3 is 5.97 Å². The summed E-state index contributed by atoms with van der Waals surface area (Å²) in [4.78, 5) is 11.4. The smallest absolute Gasteiger partial charge is 0.307 e. The average molecular weight is 259 g/mol. The standard InChI is InChI=1S/C13H25NO4/c1-12(2,3)18-11(15)4-7-14-10-13(16)5-8-17-9-6-13/h14,16H,4-10H2,1-3H3. The molecule has 1 saturated heterocycles. The van der Waals surface area contributed by atoms with Crippen molar-refractivity contribution in [3.05, 3.63) is 0 Å². The number of rotatable bonds is 5. The van der Waals surface area contributed by atoms with Crippen molar-refractivity contribution in [1.29, 1.82) is 0 Å². The Hall–Kier alpha value is -0.650.